The van der Waals surface area contributed by atoms with Crippen LogP contribution in [0.1, 0.15) is 18.9 Å². The summed E-state index contributed by atoms with van der Waals surface area (Å²) < 4.78 is 5.52. The zero-order valence-electron chi connectivity index (χ0n) is 18.9. The SMILES string of the molecule is CCC(=O)Cc1cccc(-c2cnc3c(N4CCOCC4)nc(-c4cnc(N)nc4)nc3c2)c1. The van der Waals surface area contributed by atoms with Crippen LogP contribution in [-0.4, -0.2) is 57.0 Å². The molecule has 0 amide bonds. The van der Waals surface area contributed by atoms with Crippen molar-refractivity contribution in [3.05, 3.63) is 54.5 Å². The lowest BCUT2D eigenvalue weighted by Crippen LogP contribution is -2.37. The molecular weight excluding hydrogens is 430 g/mol. The Morgan fingerprint density at radius 2 is 1.76 bits per heavy atom. The van der Waals surface area contributed by atoms with Crippen LogP contribution in [0.5, 0.6) is 0 Å². The average molecular weight is 456 g/mol. The molecule has 0 spiro atoms. The predicted molar refractivity (Wildman–Crippen MR) is 130 cm³/mol. The number of carbonyl (C=O) groups excluding carboxylic acids is 1. The molecule has 4 heterocycles. The number of fused-ring (bicyclic) bond motifs is 1. The second-order valence-corrected chi connectivity index (χ2v) is 8.16. The van der Waals surface area contributed by atoms with Gasteiger partial charge in [0, 0.05) is 50.1 Å². The molecule has 4 aromatic rings. The summed E-state index contributed by atoms with van der Waals surface area (Å²) >= 11 is 0. The molecule has 172 valence electrons. The van der Waals surface area contributed by atoms with Gasteiger partial charge in [0.25, 0.3) is 0 Å². The van der Waals surface area contributed by atoms with E-state index in [1.165, 1.54) is 0 Å². The van der Waals surface area contributed by atoms with Crippen molar-refractivity contribution in [1.29, 1.82) is 0 Å². The molecule has 0 saturated carbocycles. The minimum Gasteiger partial charge on any atom is -0.378 e. The lowest BCUT2D eigenvalue weighted by Gasteiger charge is -2.28. The first-order chi connectivity index (χ1) is 16.6. The number of hydrogen-bond donors (Lipinski definition) is 1. The molecule has 5 rings (SSSR count). The molecule has 9 heteroatoms. The highest BCUT2D eigenvalue weighted by Crippen LogP contribution is 2.30. The van der Waals surface area contributed by atoms with E-state index in [1.54, 1.807) is 12.4 Å². The fourth-order valence-corrected chi connectivity index (χ4v) is 3.95. The van der Waals surface area contributed by atoms with Gasteiger partial charge in [0.1, 0.15) is 11.3 Å². The molecule has 9 nitrogen and oxygen atoms in total. The van der Waals surface area contributed by atoms with Gasteiger partial charge in [-0.15, -0.1) is 0 Å². The van der Waals surface area contributed by atoms with E-state index in [1.807, 2.05) is 43.5 Å². The van der Waals surface area contributed by atoms with Crippen molar-refractivity contribution in [3.63, 3.8) is 0 Å². The van der Waals surface area contributed by atoms with Gasteiger partial charge >= 0.3 is 0 Å². The van der Waals surface area contributed by atoms with Crippen LogP contribution in [0.2, 0.25) is 0 Å². The standard InChI is InChI=1S/C25H25N7O2/c1-2-20(33)11-16-4-3-5-17(10-16)18-12-21-22(27-13-18)24(32-6-8-34-9-7-32)31-23(30-21)19-14-28-25(26)29-15-19/h3-5,10,12-15H,2,6-9,11H2,1H3,(H2,26,28,29). The fraction of sp³-hybridized carbons (Fsp3) is 0.280. The van der Waals surface area contributed by atoms with Crippen LogP contribution in [0.4, 0.5) is 11.8 Å². The number of nitrogen functional groups attached to an aromatic ring is 1. The molecule has 0 radical (unpaired) electrons. The van der Waals surface area contributed by atoms with Crippen molar-refractivity contribution in [1.82, 2.24) is 24.9 Å². The first kappa shape index (κ1) is 21.8. The summed E-state index contributed by atoms with van der Waals surface area (Å²) in [4.78, 5) is 36.7. The number of nitrogens with zero attached hydrogens (tertiary/aromatic N) is 6. The molecule has 0 aliphatic carbocycles. The van der Waals surface area contributed by atoms with Crippen LogP contribution in [0, 0.1) is 0 Å². The number of anilines is 2. The van der Waals surface area contributed by atoms with Gasteiger partial charge in [-0.25, -0.2) is 19.9 Å². The summed E-state index contributed by atoms with van der Waals surface area (Å²) in [6.45, 7) is 4.59. The molecule has 1 aromatic carbocycles. The number of ketones is 1. The molecular formula is C25H25N7O2. The summed E-state index contributed by atoms with van der Waals surface area (Å²) in [5.74, 6) is 1.68. The molecule has 1 saturated heterocycles. The van der Waals surface area contributed by atoms with Crippen LogP contribution in [0.15, 0.2) is 48.9 Å². The smallest absolute Gasteiger partial charge is 0.219 e. The van der Waals surface area contributed by atoms with Crippen molar-refractivity contribution in [2.24, 2.45) is 0 Å². The number of nitrogens with two attached hydrogens (primary N) is 1. The monoisotopic (exact) mass is 455 g/mol. The zero-order valence-corrected chi connectivity index (χ0v) is 18.9. The number of aromatic nitrogens is 5. The average Bonchev–Trinajstić information content (AvgIpc) is 2.88. The number of benzene rings is 1. The van der Waals surface area contributed by atoms with E-state index >= 15 is 0 Å². The van der Waals surface area contributed by atoms with Crippen LogP contribution in [0.3, 0.4) is 0 Å². The number of Topliss-reactive ketones (excluding diaryl/α,β-unsaturated/α-hetero) is 1. The number of carbonyl (C=O) groups is 1. The first-order valence-electron chi connectivity index (χ1n) is 11.3. The Morgan fingerprint density at radius 3 is 2.53 bits per heavy atom. The molecule has 0 unspecified atom stereocenters. The third-order valence-electron chi connectivity index (χ3n) is 5.81. The van der Waals surface area contributed by atoms with Crippen molar-refractivity contribution in [3.8, 4) is 22.5 Å². The van der Waals surface area contributed by atoms with Gasteiger partial charge in [0.05, 0.1) is 24.3 Å². The van der Waals surface area contributed by atoms with Crippen molar-refractivity contribution in [2.75, 3.05) is 36.9 Å². The fourth-order valence-electron chi connectivity index (χ4n) is 3.95. The predicted octanol–water partition coefficient (Wildman–Crippen LogP) is 3.09. The van der Waals surface area contributed by atoms with Gasteiger partial charge in [-0.05, 0) is 17.2 Å². The number of hydrogen-bond acceptors (Lipinski definition) is 9. The van der Waals surface area contributed by atoms with Crippen molar-refractivity contribution < 1.29 is 9.53 Å². The largest absolute Gasteiger partial charge is 0.378 e. The van der Waals surface area contributed by atoms with Crippen LogP contribution in [0.25, 0.3) is 33.5 Å². The van der Waals surface area contributed by atoms with Gasteiger partial charge in [0.15, 0.2) is 11.6 Å². The summed E-state index contributed by atoms with van der Waals surface area (Å²) in [5.41, 5.74) is 10.7. The second-order valence-electron chi connectivity index (χ2n) is 8.16. The Morgan fingerprint density at radius 1 is 1.00 bits per heavy atom. The Kier molecular flexibility index (Phi) is 6.09. The minimum absolute atomic E-state index is 0.198. The highest BCUT2D eigenvalue weighted by molar-refractivity contribution is 5.90. The second kappa shape index (κ2) is 9.48. The molecule has 1 fully saturated rings. The van der Waals surface area contributed by atoms with Gasteiger partial charge < -0.3 is 15.4 Å². The van der Waals surface area contributed by atoms with Gasteiger partial charge in [-0.3, -0.25) is 9.78 Å². The maximum atomic E-state index is 11.9. The highest BCUT2D eigenvalue weighted by Gasteiger charge is 2.20. The topological polar surface area (TPSA) is 120 Å². The third kappa shape index (κ3) is 4.55. The maximum Gasteiger partial charge on any atom is 0.219 e. The van der Waals surface area contributed by atoms with E-state index in [4.69, 9.17) is 25.4 Å². The number of morpholine rings is 1. The third-order valence-corrected chi connectivity index (χ3v) is 5.81. The van der Waals surface area contributed by atoms with Crippen LogP contribution < -0.4 is 10.6 Å². The first-order valence-corrected chi connectivity index (χ1v) is 11.3. The number of rotatable bonds is 6. The molecule has 0 bridgehead atoms. The van der Waals surface area contributed by atoms with E-state index in [0.717, 1.165) is 46.6 Å². The maximum absolute atomic E-state index is 11.9. The van der Waals surface area contributed by atoms with Gasteiger partial charge in [-0.2, -0.15) is 0 Å². The lowest BCUT2D eigenvalue weighted by atomic mass is 10.0. The van der Waals surface area contributed by atoms with Crippen LogP contribution in [-0.2, 0) is 16.0 Å². The van der Waals surface area contributed by atoms with E-state index < -0.39 is 0 Å². The molecule has 1 aliphatic heterocycles. The van der Waals surface area contributed by atoms with Gasteiger partial charge in [0.2, 0.25) is 5.95 Å². The number of ether oxygens (including phenoxy) is 1. The molecule has 1 aliphatic rings. The van der Waals surface area contributed by atoms with Crippen molar-refractivity contribution >= 4 is 28.6 Å². The molecule has 34 heavy (non-hydrogen) atoms. The number of pyridine rings is 1. The van der Waals surface area contributed by atoms with Crippen molar-refractivity contribution in [2.45, 2.75) is 19.8 Å². The highest BCUT2D eigenvalue weighted by atomic mass is 16.5. The Labute approximate surface area is 197 Å². The summed E-state index contributed by atoms with van der Waals surface area (Å²) in [6.07, 6.45) is 6.04. The lowest BCUT2D eigenvalue weighted by molar-refractivity contribution is -0.118. The quantitative estimate of drug-likeness (QED) is 0.467. The molecule has 0 atom stereocenters. The van der Waals surface area contributed by atoms with Crippen LogP contribution >= 0.6 is 0 Å². The molecule has 2 N–H and O–H groups in total. The Balaban J connectivity index is 1.61. The summed E-state index contributed by atoms with van der Waals surface area (Å²) in [7, 11) is 0. The zero-order chi connectivity index (χ0) is 23.5. The van der Waals surface area contributed by atoms with Gasteiger partial charge in [-0.1, -0.05) is 31.2 Å². The normalized spacial score (nSPS) is 13.9. The van der Waals surface area contributed by atoms with E-state index in [2.05, 4.69) is 14.9 Å². The Hall–Kier alpha value is -3.98. The van der Waals surface area contributed by atoms with E-state index in [0.29, 0.717) is 37.4 Å². The minimum atomic E-state index is 0.198. The summed E-state index contributed by atoms with van der Waals surface area (Å²) in [6, 6.07) is 10.0. The Bertz CT molecular complexity index is 1340. The molecule has 3 aromatic heterocycles. The van der Waals surface area contributed by atoms with E-state index in [9.17, 15) is 4.79 Å². The summed E-state index contributed by atoms with van der Waals surface area (Å²) in [5, 5.41) is 0. The van der Waals surface area contributed by atoms with E-state index in [-0.39, 0.29) is 11.7 Å².